The average molecular weight is 151 g/mol. The summed E-state index contributed by atoms with van der Waals surface area (Å²) in [5.41, 5.74) is 0.968. The first-order valence-corrected chi connectivity index (χ1v) is 3.34. The molecule has 2 rings (SSSR count). The highest BCUT2D eigenvalue weighted by molar-refractivity contribution is 5.36. The third-order valence-electron chi connectivity index (χ3n) is 1.57. The molecule has 11 heavy (non-hydrogen) atoms. The van der Waals surface area contributed by atoms with Crippen molar-refractivity contribution in [2.45, 2.75) is 0 Å². The summed E-state index contributed by atoms with van der Waals surface area (Å²) in [6.45, 7) is 0. The van der Waals surface area contributed by atoms with Gasteiger partial charge in [0.2, 0.25) is 0 Å². The number of fused-ring (bicyclic) bond motifs is 1. The number of aromatic nitrogens is 4. The van der Waals surface area contributed by atoms with E-state index in [4.69, 9.17) is 0 Å². The third kappa shape index (κ3) is 0.772. The minimum atomic E-state index is 0.968. The zero-order valence-corrected chi connectivity index (χ0v) is 6.47. The van der Waals surface area contributed by atoms with E-state index in [0.29, 0.717) is 0 Å². The van der Waals surface area contributed by atoms with Crippen molar-refractivity contribution in [1.29, 1.82) is 0 Å². The van der Waals surface area contributed by atoms with Gasteiger partial charge in [-0.2, -0.15) is 0 Å². The van der Waals surface area contributed by atoms with Crippen molar-refractivity contribution >= 4 is 5.65 Å². The van der Waals surface area contributed by atoms with Crippen molar-refractivity contribution in [1.82, 2.24) is 19.5 Å². The summed E-state index contributed by atoms with van der Waals surface area (Å²) in [5.74, 6) is 0. The quantitative estimate of drug-likeness (QED) is 0.563. The fourth-order valence-electron chi connectivity index (χ4n) is 1.05. The van der Waals surface area contributed by atoms with E-state index in [0.717, 1.165) is 5.65 Å². The Morgan fingerprint density at radius 2 is 2.18 bits per heavy atom. The standard InChI is InChI=1S/C6H9N5/c1-9(2)11-4-3-10-6(11)5-7-8-10/h3-5H,1-2H3. The highest BCUT2D eigenvalue weighted by atomic mass is 15.6. The summed E-state index contributed by atoms with van der Waals surface area (Å²) >= 11 is 0. The molecular weight excluding hydrogens is 142 g/mol. The van der Waals surface area contributed by atoms with Crippen LogP contribution in [0.4, 0.5) is 0 Å². The lowest BCUT2D eigenvalue weighted by Crippen LogP contribution is -2.23. The van der Waals surface area contributed by atoms with Crippen LogP contribution < -0.4 is 5.01 Å². The summed E-state index contributed by atoms with van der Waals surface area (Å²) in [4.78, 5) is 0. The lowest BCUT2D eigenvalue weighted by Gasteiger charge is -2.12. The Bertz CT molecular complexity index is 358. The largest absolute Gasteiger partial charge is 0.317 e. The molecule has 5 nitrogen and oxygen atoms in total. The molecule has 0 unspecified atom stereocenters. The summed E-state index contributed by atoms with van der Waals surface area (Å²) in [6.07, 6.45) is 5.52. The minimum Gasteiger partial charge on any atom is -0.317 e. The Balaban J connectivity index is 2.68. The SMILES string of the molecule is CN(C)n1ccn2nncc12. The Kier molecular flexibility index (Phi) is 1.12. The molecular formula is C6H9N5. The van der Waals surface area contributed by atoms with Gasteiger partial charge >= 0.3 is 0 Å². The Hall–Kier alpha value is -1.52. The summed E-state index contributed by atoms with van der Waals surface area (Å²) in [5, 5.41) is 9.57. The molecule has 2 aromatic rings. The van der Waals surface area contributed by atoms with E-state index >= 15 is 0 Å². The Labute approximate surface area is 63.8 Å². The lowest BCUT2D eigenvalue weighted by molar-refractivity contribution is 0.754. The van der Waals surface area contributed by atoms with Crippen LogP contribution in [0, 0.1) is 0 Å². The molecule has 2 heterocycles. The van der Waals surface area contributed by atoms with Crippen molar-refractivity contribution in [2.24, 2.45) is 0 Å². The van der Waals surface area contributed by atoms with Crippen molar-refractivity contribution in [3.8, 4) is 0 Å². The van der Waals surface area contributed by atoms with Gasteiger partial charge in [0.15, 0.2) is 5.65 Å². The van der Waals surface area contributed by atoms with Crippen molar-refractivity contribution in [3.05, 3.63) is 18.6 Å². The van der Waals surface area contributed by atoms with Crippen LogP contribution in [0.15, 0.2) is 18.6 Å². The average Bonchev–Trinajstić information content (AvgIpc) is 2.41. The third-order valence-corrected chi connectivity index (χ3v) is 1.57. The van der Waals surface area contributed by atoms with Gasteiger partial charge in [-0.15, -0.1) is 5.10 Å². The molecule has 0 aromatic carbocycles. The van der Waals surface area contributed by atoms with E-state index in [1.54, 1.807) is 10.7 Å². The van der Waals surface area contributed by atoms with E-state index in [2.05, 4.69) is 10.3 Å². The Morgan fingerprint density at radius 3 is 2.91 bits per heavy atom. The van der Waals surface area contributed by atoms with Gasteiger partial charge in [0, 0.05) is 20.3 Å². The van der Waals surface area contributed by atoms with E-state index in [1.165, 1.54) is 0 Å². The predicted molar refractivity (Wildman–Crippen MR) is 41.0 cm³/mol. The van der Waals surface area contributed by atoms with Crippen molar-refractivity contribution in [3.63, 3.8) is 0 Å². The van der Waals surface area contributed by atoms with Gasteiger partial charge in [-0.25, -0.2) is 9.19 Å². The molecule has 2 aromatic heterocycles. The second kappa shape index (κ2) is 1.98. The van der Waals surface area contributed by atoms with Gasteiger partial charge in [0.05, 0.1) is 12.4 Å². The van der Waals surface area contributed by atoms with Crippen LogP contribution in [0.1, 0.15) is 0 Å². The highest BCUT2D eigenvalue weighted by Gasteiger charge is 2.01. The molecule has 0 amide bonds. The van der Waals surface area contributed by atoms with E-state index < -0.39 is 0 Å². The molecule has 0 aliphatic heterocycles. The first-order valence-electron chi connectivity index (χ1n) is 3.34. The van der Waals surface area contributed by atoms with Crippen LogP contribution in [0.5, 0.6) is 0 Å². The van der Waals surface area contributed by atoms with Gasteiger partial charge in [0.25, 0.3) is 0 Å². The number of nitrogens with zero attached hydrogens (tertiary/aromatic N) is 5. The second-order valence-corrected chi connectivity index (χ2v) is 2.53. The number of hydrogen-bond acceptors (Lipinski definition) is 3. The van der Waals surface area contributed by atoms with Crippen LogP contribution >= 0.6 is 0 Å². The maximum Gasteiger partial charge on any atom is 0.174 e. The number of rotatable bonds is 1. The van der Waals surface area contributed by atoms with Crippen LogP contribution in [-0.2, 0) is 0 Å². The normalized spacial score (nSPS) is 10.7. The molecule has 5 heteroatoms. The van der Waals surface area contributed by atoms with Crippen LogP contribution in [0.3, 0.4) is 0 Å². The summed E-state index contributed by atoms with van der Waals surface area (Å²) < 4.78 is 3.68. The van der Waals surface area contributed by atoms with Gasteiger partial charge in [-0.05, 0) is 0 Å². The fraction of sp³-hybridized carbons (Fsp3) is 0.333. The molecule has 0 N–H and O–H groups in total. The van der Waals surface area contributed by atoms with Gasteiger partial charge < -0.3 is 5.01 Å². The maximum absolute atomic E-state index is 3.84. The smallest absolute Gasteiger partial charge is 0.174 e. The van der Waals surface area contributed by atoms with E-state index in [1.807, 2.05) is 36.2 Å². The minimum absolute atomic E-state index is 0.968. The van der Waals surface area contributed by atoms with E-state index in [-0.39, 0.29) is 0 Å². The van der Waals surface area contributed by atoms with Gasteiger partial charge in [0.1, 0.15) is 0 Å². The molecule has 0 aliphatic rings. The molecule has 58 valence electrons. The summed E-state index contributed by atoms with van der Waals surface area (Å²) in [7, 11) is 3.93. The Morgan fingerprint density at radius 1 is 1.36 bits per heavy atom. The molecule has 0 spiro atoms. The summed E-state index contributed by atoms with van der Waals surface area (Å²) in [6, 6.07) is 0. The zero-order chi connectivity index (χ0) is 7.84. The van der Waals surface area contributed by atoms with Gasteiger partial charge in [-0.1, -0.05) is 5.21 Å². The fourth-order valence-corrected chi connectivity index (χ4v) is 1.05. The predicted octanol–water partition coefficient (Wildman–Crippen LogP) is -0.272. The molecule has 0 atom stereocenters. The molecule has 0 aliphatic carbocycles. The highest BCUT2D eigenvalue weighted by Crippen LogP contribution is 2.00. The zero-order valence-electron chi connectivity index (χ0n) is 6.47. The molecule has 0 saturated carbocycles. The molecule has 0 bridgehead atoms. The number of hydrogen-bond donors (Lipinski definition) is 0. The lowest BCUT2D eigenvalue weighted by atomic mass is 10.8. The molecule has 0 radical (unpaired) electrons. The topological polar surface area (TPSA) is 38.4 Å². The monoisotopic (exact) mass is 151 g/mol. The molecule has 0 fully saturated rings. The van der Waals surface area contributed by atoms with Crippen molar-refractivity contribution in [2.75, 3.05) is 19.1 Å². The first kappa shape index (κ1) is 6.21. The van der Waals surface area contributed by atoms with Crippen LogP contribution in [-0.4, -0.2) is 33.6 Å². The second-order valence-electron chi connectivity index (χ2n) is 2.53. The van der Waals surface area contributed by atoms with Crippen LogP contribution in [0.2, 0.25) is 0 Å². The van der Waals surface area contributed by atoms with Crippen LogP contribution in [0.25, 0.3) is 5.65 Å². The van der Waals surface area contributed by atoms with E-state index in [9.17, 15) is 0 Å². The first-order chi connectivity index (χ1) is 5.29. The van der Waals surface area contributed by atoms with Gasteiger partial charge in [-0.3, -0.25) is 0 Å². The van der Waals surface area contributed by atoms with Crippen molar-refractivity contribution < 1.29 is 0 Å². The maximum atomic E-state index is 3.84. The number of imidazole rings is 1. The molecule has 0 saturated heterocycles.